The van der Waals surface area contributed by atoms with Gasteiger partial charge in [-0.2, -0.15) is 0 Å². The molecule has 0 aromatic heterocycles. The minimum atomic E-state index is -0.0380. The van der Waals surface area contributed by atoms with Gasteiger partial charge in [-0.25, -0.2) is 4.79 Å². The van der Waals surface area contributed by atoms with Crippen molar-refractivity contribution in [3.05, 3.63) is 65.7 Å². The molecule has 1 saturated heterocycles. The van der Waals surface area contributed by atoms with Crippen LogP contribution in [0.1, 0.15) is 37.8 Å². The summed E-state index contributed by atoms with van der Waals surface area (Å²) in [5.74, 6) is 0.0582. The molecule has 2 N–H and O–H groups in total. The van der Waals surface area contributed by atoms with Crippen LogP contribution in [0.15, 0.2) is 54.6 Å². The van der Waals surface area contributed by atoms with E-state index < -0.39 is 0 Å². The summed E-state index contributed by atoms with van der Waals surface area (Å²) in [4.78, 5) is 29.7. The third-order valence-corrected chi connectivity index (χ3v) is 6.20. The minimum Gasteiger partial charge on any atom is -0.354 e. The fourth-order valence-electron chi connectivity index (χ4n) is 4.69. The van der Waals surface area contributed by atoms with Gasteiger partial charge in [0.1, 0.15) is 0 Å². The van der Waals surface area contributed by atoms with Gasteiger partial charge in [-0.1, -0.05) is 48.5 Å². The number of nitrogens with one attached hydrogen (secondary N) is 2. The topological polar surface area (TPSA) is 64.7 Å². The molecular weight excluding hydrogens is 388 g/mol. The highest BCUT2D eigenvalue weighted by molar-refractivity contribution is 5.93. The Morgan fingerprint density at radius 3 is 2.55 bits per heavy atom. The lowest BCUT2D eigenvalue weighted by Gasteiger charge is -2.30. The third kappa shape index (κ3) is 5.07. The summed E-state index contributed by atoms with van der Waals surface area (Å²) in [5.41, 5.74) is 3.17. The minimum absolute atomic E-state index is 0.0380. The van der Waals surface area contributed by atoms with Crippen molar-refractivity contribution in [3.63, 3.8) is 0 Å². The largest absolute Gasteiger partial charge is 0.354 e. The van der Waals surface area contributed by atoms with E-state index in [1.807, 2.05) is 67.3 Å². The van der Waals surface area contributed by atoms with Gasteiger partial charge in [0.25, 0.3) is 0 Å². The molecule has 2 aliphatic rings. The van der Waals surface area contributed by atoms with Crippen molar-refractivity contribution in [1.29, 1.82) is 0 Å². The van der Waals surface area contributed by atoms with Crippen molar-refractivity contribution < 1.29 is 9.59 Å². The molecular formula is C25H32N4O2. The molecule has 4 rings (SSSR count). The number of hydrogen-bond donors (Lipinski definition) is 2. The molecule has 6 nitrogen and oxygen atoms in total. The molecule has 0 aliphatic carbocycles. The van der Waals surface area contributed by atoms with E-state index in [2.05, 4.69) is 21.6 Å². The van der Waals surface area contributed by atoms with Crippen molar-refractivity contribution >= 4 is 17.6 Å². The molecule has 0 unspecified atom stereocenters. The van der Waals surface area contributed by atoms with Crippen LogP contribution in [-0.4, -0.2) is 48.1 Å². The van der Waals surface area contributed by atoms with Crippen LogP contribution in [0, 0.1) is 0 Å². The molecule has 0 radical (unpaired) electrons. The van der Waals surface area contributed by atoms with Crippen LogP contribution in [-0.2, 0) is 17.8 Å². The molecule has 1 fully saturated rings. The van der Waals surface area contributed by atoms with Gasteiger partial charge < -0.3 is 10.6 Å². The Kier molecular flexibility index (Phi) is 6.56. The number of hydrogen-bond acceptors (Lipinski definition) is 3. The van der Waals surface area contributed by atoms with Crippen LogP contribution in [0.5, 0.6) is 0 Å². The summed E-state index contributed by atoms with van der Waals surface area (Å²) in [7, 11) is 0. The number of benzene rings is 2. The first kappa shape index (κ1) is 21.4. The molecule has 0 spiro atoms. The highest BCUT2D eigenvalue weighted by atomic mass is 16.2. The number of para-hydroxylation sites is 1. The summed E-state index contributed by atoms with van der Waals surface area (Å²) >= 11 is 0. The Bertz CT molecular complexity index is 915. The molecule has 164 valence electrons. The van der Waals surface area contributed by atoms with Crippen molar-refractivity contribution in [3.8, 4) is 0 Å². The van der Waals surface area contributed by atoms with Crippen molar-refractivity contribution in [2.45, 2.75) is 57.8 Å². The second kappa shape index (κ2) is 9.52. The van der Waals surface area contributed by atoms with Gasteiger partial charge in [0.05, 0.1) is 6.42 Å². The van der Waals surface area contributed by atoms with Crippen LogP contribution in [0.2, 0.25) is 0 Å². The third-order valence-electron chi connectivity index (χ3n) is 6.20. The lowest BCUT2D eigenvalue weighted by atomic mass is 10.1. The zero-order chi connectivity index (χ0) is 21.8. The molecule has 3 amide bonds. The smallest absolute Gasteiger partial charge is 0.322 e. The van der Waals surface area contributed by atoms with Gasteiger partial charge in [0.2, 0.25) is 5.91 Å². The fraction of sp³-hybridized carbons (Fsp3) is 0.440. The number of rotatable bonds is 5. The number of anilines is 1. The second-order valence-electron chi connectivity index (χ2n) is 8.87. The maximum absolute atomic E-state index is 12.9. The second-order valence-corrected chi connectivity index (χ2v) is 8.87. The SMILES string of the molecule is CC(C)NC(=O)N1C[C@@H]2CC[C@@H](CNC(=O)Cc3ccccc3)N2Cc2ccccc21. The lowest BCUT2D eigenvalue weighted by Crippen LogP contribution is -2.49. The van der Waals surface area contributed by atoms with Gasteiger partial charge in [-0.3, -0.25) is 14.6 Å². The van der Waals surface area contributed by atoms with Crippen LogP contribution in [0.4, 0.5) is 10.5 Å². The zero-order valence-electron chi connectivity index (χ0n) is 18.4. The van der Waals surface area contributed by atoms with E-state index in [0.717, 1.165) is 36.2 Å². The quantitative estimate of drug-likeness (QED) is 0.780. The molecule has 2 aromatic rings. The first-order valence-corrected chi connectivity index (χ1v) is 11.2. The number of carbonyl (C=O) groups is 2. The molecule has 2 aliphatic heterocycles. The summed E-state index contributed by atoms with van der Waals surface area (Å²) in [6.45, 7) is 6.08. The summed E-state index contributed by atoms with van der Waals surface area (Å²) < 4.78 is 0. The maximum Gasteiger partial charge on any atom is 0.322 e. The van der Waals surface area contributed by atoms with E-state index in [-0.39, 0.29) is 24.0 Å². The monoisotopic (exact) mass is 420 g/mol. The van der Waals surface area contributed by atoms with Gasteiger partial charge in [0.15, 0.2) is 0 Å². The van der Waals surface area contributed by atoms with Crippen molar-refractivity contribution in [1.82, 2.24) is 15.5 Å². The van der Waals surface area contributed by atoms with Crippen LogP contribution >= 0.6 is 0 Å². The first-order valence-electron chi connectivity index (χ1n) is 11.2. The number of nitrogens with zero attached hydrogens (tertiary/aromatic N) is 2. The normalized spacial score (nSPS) is 20.7. The molecule has 6 heteroatoms. The van der Waals surface area contributed by atoms with E-state index in [1.165, 1.54) is 0 Å². The average molecular weight is 421 g/mol. The molecule has 2 atom stereocenters. The molecule has 0 saturated carbocycles. The van der Waals surface area contributed by atoms with E-state index >= 15 is 0 Å². The molecule has 31 heavy (non-hydrogen) atoms. The number of carbonyl (C=O) groups excluding carboxylic acids is 2. The standard InChI is InChI=1S/C25H32N4O2/c1-18(2)27-25(31)29-17-22-13-12-21(28(22)16-20-10-6-7-11-23(20)29)15-26-24(30)14-19-8-4-3-5-9-19/h3-11,18,21-22H,12-17H2,1-2H3,(H,26,30)(H,27,31)/t21-,22-/m0/s1. The maximum atomic E-state index is 12.9. The van der Waals surface area contributed by atoms with Gasteiger partial charge in [0, 0.05) is 43.4 Å². The number of urea groups is 1. The van der Waals surface area contributed by atoms with Crippen LogP contribution < -0.4 is 15.5 Å². The van der Waals surface area contributed by atoms with E-state index in [1.54, 1.807) is 0 Å². The molecule has 0 bridgehead atoms. The van der Waals surface area contributed by atoms with Crippen LogP contribution in [0.25, 0.3) is 0 Å². The summed E-state index contributed by atoms with van der Waals surface area (Å²) in [5, 5.41) is 6.18. The Labute approximate surface area is 184 Å². The number of fused-ring (bicyclic) bond motifs is 2. The van der Waals surface area contributed by atoms with E-state index in [0.29, 0.717) is 25.6 Å². The fourth-order valence-corrected chi connectivity index (χ4v) is 4.69. The Balaban J connectivity index is 1.44. The summed E-state index contributed by atoms with van der Waals surface area (Å²) in [6, 6.07) is 18.6. The predicted molar refractivity (Wildman–Crippen MR) is 123 cm³/mol. The van der Waals surface area contributed by atoms with Gasteiger partial charge in [-0.05, 0) is 43.9 Å². The number of amides is 3. The Morgan fingerprint density at radius 1 is 1.03 bits per heavy atom. The predicted octanol–water partition coefficient (Wildman–Crippen LogP) is 3.32. The van der Waals surface area contributed by atoms with E-state index in [9.17, 15) is 9.59 Å². The first-order chi connectivity index (χ1) is 15.0. The lowest BCUT2D eigenvalue weighted by molar-refractivity contribution is -0.120. The molecule has 2 aromatic carbocycles. The van der Waals surface area contributed by atoms with Gasteiger partial charge in [-0.15, -0.1) is 0 Å². The van der Waals surface area contributed by atoms with E-state index in [4.69, 9.17) is 0 Å². The summed E-state index contributed by atoms with van der Waals surface area (Å²) in [6.07, 6.45) is 2.46. The van der Waals surface area contributed by atoms with Crippen molar-refractivity contribution in [2.75, 3.05) is 18.0 Å². The highest BCUT2D eigenvalue weighted by Gasteiger charge is 2.38. The zero-order valence-corrected chi connectivity index (χ0v) is 18.4. The Morgan fingerprint density at radius 2 is 1.77 bits per heavy atom. The Hall–Kier alpha value is -2.86. The highest BCUT2D eigenvalue weighted by Crippen LogP contribution is 2.34. The van der Waals surface area contributed by atoms with Crippen LogP contribution in [0.3, 0.4) is 0 Å². The molecule has 2 heterocycles. The van der Waals surface area contributed by atoms with Gasteiger partial charge >= 0.3 is 6.03 Å². The average Bonchev–Trinajstić information content (AvgIpc) is 3.03. The van der Waals surface area contributed by atoms with Crippen molar-refractivity contribution in [2.24, 2.45) is 0 Å².